The van der Waals surface area contributed by atoms with Gasteiger partial charge in [-0.3, -0.25) is 0 Å². The smallest absolute Gasteiger partial charge is 0.0437 e. The summed E-state index contributed by atoms with van der Waals surface area (Å²) < 4.78 is 0. The molecule has 150 valence electrons. The fraction of sp³-hybridized carbons (Fsp3) is 0.407. The molecule has 0 radical (unpaired) electrons. The molecule has 1 saturated carbocycles. The van der Waals surface area contributed by atoms with E-state index >= 15 is 0 Å². The Hall–Kier alpha value is -2.28. The quantitative estimate of drug-likeness (QED) is 0.454. The third-order valence-corrected chi connectivity index (χ3v) is 5.91. The number of aryl methyl sites for hydroxylation is 2. The average Bonchev–Trinajstić information content (AvgIpc) is 3.49. The third kappa shape index (κ3) is 4.76. The van der Waals surface area contributed by atoms with Crippen molar-refractivity contribution in [1.82, 2.24) is 5.32 Å². The Kier molecular flexibility index (Phi) is 7.69. The van der Waals surface area contributed by atoms with Gasteiger partial charge in [-0.2, -0.15) is 0 Å². The van der Waals surface area contributed by atoms with Gasteiger partial charge in [-0.1, -0.05) is 68.5 Å². The van der Waals surface area contributed by atoms with Crippen LogP contribution in [-0.2, 0) is 11.8 Å². The van der Waals surface area contributed by atoms with Crippen LogP contribution in [0.3, 0.4) is 0 Å². The fourth-order valence-corrected chi connectivity index (χ4v) is 3.97. The summed E-state index contributed by atoms with van der Waals surface area (Å²) in [6, 6.07) is 7.03. The summed E-state index contributed by atoms with van der Waals surface area (Å²) in [5.41, 5.74) is 9.29. The first-order valence-electron chi connectivity index (χ1n) is 10.6. The second-order valence-corrected chi connectivity index (χ2v) is 7.88. The van der Waals surface area contributed by atoms with Crippen LogP contribution in [0.1, 0.15) is 63.6 Å². The lowest BCUT2D eigenvalue weighted by atomic mass is 9.85. The molecule has 0 amide bonds. The van der Waals surface area contributed by atoms with Crippen molar-refractivity contribution in [3.63, 3.8) is 0 Å². The lowest BCUT2D eigenvalue weighted by molar-refractivity contribution is 0.836. The molecule has 0 atom stereocenters. The Bertz CT molecular complexity index is 826. The van der Waals surface area contributed by atoms with Crippen LogP contribution >= 0.6 is 0 Å². The standard InChI is InChI=1S/C27H37N/c1-8-11-23(10-3)26(28-7)21(5)13-15-22(6)27(17-18-27)25-16-14-20(4)24(19-25)12-9-2/h8,10-11,13-16,19,28H,6,9,12,17-18H2,1-5,7H3/b11-8-,15-13-,23-10+,26-21-. The van der Waals surface area contributed by atoms with Crippen molar-refractivity contribution >= 4 is 0 Å². The highest BCUT2D eigenvalue weighted by molar-refractivity contribution is 5.50. The van der Waals surface area contributed by atoms with Crippen LogP contribution < -0.4 is 5.32 Å². The Morgan fingerprint density at radius 2 is 1.89 bits per heavy atom. The summed E-state index contributed by atoms with van der Waals surface area (Å²) in [6.45, 7) is 15.2. The van der Waals surface area contributed by atoms with E-state index in [2.05, 4.69) is 95.1 Å². The van der Waals surface area contributed by atoms with Gasteiger partial charge in [0.1, 0.15) is 0 Å². The van der Waals surface area contributed by atoms with Gasteiger partial charge in [-0.25, -0.2) is 0 Å². The molecular formula is C27H37N. The lowest BCUT2D eigenvalue weighted by Gasteiger charge is -2.19. The van der Waals surface area contributed by atoms with Gasteiger partial charge in [0, 0.05) is 18.2 Å². The molecule has 0 saturated heterocycles. The van der Waals surface area contributed by atoms with E-state index in [1.54, 1.807) is 0 Å². The summed E-state index contributed by atoms with van der Waals surface area (Å²) in [5.74, 6) is 0. The molecular weight excluding hydrogens is 338 g/mol. The molecule has 2 rings (SSSR count). The topological polar surface area (TPSA) is 12.0 Å². The third-order valence-electron chi connectivity index (χ3n) is 5.91. The lowest BCUT2D eigenvalue weighted by Crippen LogP contribution is -2.11. The molecule has 1 aromatic rings. The molecule has 1 nitrogen and oxygen atoms in total. The molecule has 1 aromatic carbocycles. The maximum absolute atomic E-state index is 4.46. The second kappa shape index (κ2) is 9.78. The number of benzene rings is 1. The van der Waals surface area contributed by atoms with E-state index < -0.39 is 0 Å². The second-order valence-electron chi connectivity index (χ2n) is 7.88. The first kappa shape index (κ1) is 22.0. The van der Waals surface area contributed by atoms with Gasteiger partial charge in [-0.15, -0.1) is 0 Å². The van der Waals surface area contributed by atoms with Crippen molar-refractivity contribution in [2.24, 2.45) is 0 Å². The Morgan fingerprint density at radius 3 is 2.43 bits per heavy atom. The van der Waals surface area contributed by atoms with Crippen molar-refractivity contribution in [2.45, 2.75) is 65.7 Å². The number of nitrogens with one attached hydrogen (secondary N) is 1. The summed E-state index contributed by atoms with van der Waals surface area (Å²) in [6.07, 6.45) is 15.5. The Balaban J connectivity index is 2.28. The van der Waals surface area contributed by atoms with Gasteiger partial charge in [0.25, 0.3) is 0 Å². The highest BCUT2D eigenvalue weighted by atomic mass is 14.8. The summed E-state index contributed by atoms with van der Waals surface area (Å²) in [4.78, 5) is 0. The molecule has 0 bridgehead atoms. The van der Waals surface area contributed by atoms with Crippen molar-refractivity contribution < 1.29 is 0 Å². The maximum atomic E-state index is 4.46. The Morgan fingerprint density at radius 1 is 1.18 bits per heavy atom. The normalized spacial score (nSPS) is 17.1. The molecule has 28 heavy (non-hydrogen) atoms. The number of hydrogen-bond donors (Lipinski definition) is 1. The highest BCUT2D eigenvalue weighted by Gasteiger charge is 2.45. The largest absolute Gasteiger partial charge is 0.387 e. The molecule has 0 aliphatic heterocycles. The SMILES string of the molecule is C=C(\C=C/C(C)=C(NC)/C(/C=C\C)=C/C)C1(c2ccc(C)c(CCC)c2)CC1. The van der Waals surface area contributed by atoms with E-state index in [9.17, 15) is 0 Å². The highest BCUT2D eigenvalue weighted by Crippen LogP contribution is 2.54. The van der Waals surface area contributed by atoms with Crippen molar-refractivity contribution in [3.05, 3.63) is 94.3 Å². The summed E-state index contributed by atoms with van der Waals surface area (Å²) in [5, 5.41) is 3.35. The monoisotopic (exact) mass is 375 g/mol. The number of hydrogen-bond acceptors (Lipinski definition) is 1. The van der Waals surface area contributed by atoms with Crippen LogP contribution in [0, 0.1) is 6.92 Å². The van der Waals surface area contributed by atoms with Gasteiger partial charge in [0.05, 0.1) is 0 Å². The minimum Gasteiger partial charge on any atom is -0.387 e. The summed E-state index contributed by atoms with van der Waals surface area (Å²) >= 11 is 0. The van der Waals surface area contributed by atoms with Gasteiger partial charge >= 0.3 is 0 Å². The van der Waals surface area contributed by atoms with Crippen LogP contribution in [0.25, 0.3) is 0 Å². The first-order valence-corrected chi connectivity index (χ1v) is 10.6. The molecule has 0 aromatic heterocycles. The molecule has 1 N–H and O–H groups in total. The zero-order valence-corrected chi connectivity index (χ0v) is 18.7. The Labute approximate surface area is 172 Å². The van der Waals surface area contributed by atoms with E-state index in [-0.39, 0.29) is 5.41 Å². The molecule has 1 fully saturated rings. The summed E-state index contributed by atoms with van der Waals surface area (Å²) in [7, 11) is 1.98. The predicted molar refractivity (Wildman–Crippen MR) is 125 cm³/mol. The maximum Gasteiger partial charge on any atom is 0.0437 e. The first-order chi connectivity index (χ1) is 13.4. The minimum absolute atomic E-state index is 0.138. The van der Waals surface area contributed by atoms with E-state index in [1.165, 1.54) is 52.7 Å². The zero-order chi connectivity index (χ0) is 20.7. The van der Waals surface area contributed by atoms with E-state index in [1.807, 2.05) is 7.05 Å². The fourth-order valence-electron chi connectivity index (χ4n) is 3.97. The predicted octanol–water partition coefficient (Wildman–Crippen LogP) is 7.11. The molecule has 1 heteroatoms. The van der Waals surface area contributed by atoms with E-state index in [0.717, 1.165) is 12.1 Å². The van der Waals surface area contributed by atoms with Gasteiger partial charge in [0.2, 0.25) is 0 Å². The zero-order valence-electron chi connectivity index (χ0n) is 18.7. The minimum atomic E-state index is 0.138. The van der Waals surface area contributed by atoms with Crippen LogP contribution in [0.15, 0.2) is 77.6 Å². The van der Waals surface area contributed by atoms with E-state index in [4.69, 9.17) is 0 Å². The number of rotatable bonds is 9. The van der Waals surface area contributed by atoms with Crippen LogP contribution in [-0.4, -0.2) is 7.05 Å². The van der Waals surface area contributed by atoms with Crippen molar-refractivity contribution in [1.29, 1.82) is 0 Å². The molecule has 1 aliphatic rings. The van der Waals surface area contributed by atoms with Crippen LogP contribution in [0.2, 0.25) is 0 Å². The molecule has 0 spiro atoms. The van der Waals surface area contributed by atoms with E-state index in [0.29, 0.717) is 0 Å². The number of likely N-dealkylation sites (N-methyl/N-ethyl adjacent to an activating group) is 1. The van der Waals surface area contributed by atoms with Gasteiger partial charge < -0.3 is 5.32 Å². The van der Waals surface area contributed by atoms with Gasteiger partial charge in [0.15, 0.2) is 0 Å². The molecule has 1 aliphatic carbocycles. The molecule has 0 unspecified atom stereocenters. The van der Waals surface area contributed by atoms with Crippen molar-refractivity contribution in [2.75, 3.05) is 7.05 Å². The number of allylic oxidation sites excluding steroid dienone is 7. The average molecular weight is 376 g/mol. The van der Waals surface area contributed by atoms with Crippen LogP contribution in [0.4, 0.5) is 0 Å². The van der Waals surface area contributed by atoms with Crippen LogP contribution in [0.5, 0.6) is 0 Å². The molecule has 0 heterocycles. The van der Waals surface area contributed by atoms with Crippen molar-refractivity contribution in [3.8, 4) is 0 Å². The van der Waals surface area contributed by atoms with Gasteiger partial charge in [-0.05, 0) is 80.4 Å².